The Morgan fingerprint density at radius 1 is 1.25 bits per heavy atom. The number of nitro benzene ring substituents is 1. The molecule has 0 aliphatic carbocycles. The van der Waals surface area contributed by atoms with Crippen molar-refractivity contribution in [3.8, 4) is 0 Å². The molecule has 0 aromatic heterocycles. The Bertz CT molecular complexity index is 644. The van der Waals surface area contributed by atoms with E-state index >= 15 is 0 Å². The van der Waals surface area contributed by atoms with Crippen LogP contribution in [0.4, 0.5) is 17.1 Å². The maximum Gasteiger partial charge on any atom is 0.294 e. The Morgan fingerprint density at radius 3 is 2.60 bits per heavy atom. The molecule has 5 heteroatoms. The molecule has 2 rings (SSSR count). The van der Waals surface area contributed by atoms with Crippen LogP contribution >= 0.6 is 15.9 Å². The van der Waals surface area contributed by atoms with E-state index in [1.54, 1.807) is 6.07 Å². The minimum atomic E-state index is -0.349. The van der Waals surface area contributed by atoms with Gasteiger partial charge in [0.05, 0.1) is 4.92 Å². The predicted molar refractivity (Wildman–Crippen MR) is 84.7 cm³/mol. The first-order valence-corrected chi connectivity index (χ1v) is 7.10. The fourth-order valence-corrected chi connectivity index (χ4v) is 2.51. The topological polar surface area (TPSA) is 46.4 Å². The van der Waals surface area contributed by atoms with Gasteiger partial charge in [0.2, 0.25) is 0 Å². The van der Waals surface area contributed by atoms with Gasteiger partial charge in [-0.3, -0.25) is 10.1 Å². The van der Waals surface area contributed by atoms with Gasteiger partial charge in [-0.25, -0.2) is 0 Å². The van der Waals surface area contributed by atoms with E-state index in [1.165, 1.54) is 6.07 Å². The average Bonchev–Trinajstić information content (AvgIpc) is 2.41. The van der Waals surface area contributed by atoms with E-state index in [1.807, 2.05) is 49.1 Å². The van der Waals surface area contributed by atoms with Gasteiger partial charge in [-0.15, -0.1) is 0 Å². The number of anilines is 2. The van der Waals surface area contributed by atoms with Crippen LogP contribution < -0.4 is 4.90 Å². The van der Waals surface area contributed by atoms with Gasteiger partial charge in [0.25, 0.3) is 5.69 Å². The van der Waals surface area contributed by atoms with Crippen LogP contribution in [0.5, 0.6) is 0 Å². The molecule has 0 fully saturated rings. The summed E-state index contributed by atoms with van der Waals surface area (Å²) in [5.74, 6) is 0. The molecule has 0 amide bonds. The van der Waals surface area contributed by atoms with Gasteiger partial charge in [0.15, 0.2) is 0 Å². The SMILES string of the molecule is CCN(c1cccc(C)c1)c1ccc(Br)cc1[N+](=O)[O-]. The fraction of sp³-hybridized carbons (Fsp3) is 0.200. The molecule has 0 unspecified atom stereocenters. The van der Waals surface area contributed by atoms with Crippen molar-refractivity contribution in [2.24, 2.45) is 0 Å². The molecule has 2 aromatic rings. The third-order valence-electron chi connectivity index (χ3n) is 3.05. The molecule has 2 aromatic carbocycles. The zero-order chi connectivity index (χ0) is 14.7. The number of nitrogens with zero attached hydrogens (tertiary/aromatic N) is 2. The molecule has 0 saturated carbocycles. The first-order chi connectivity index (χ1) is 9.52. The lowest BCUT2D eigenvalue weighted by molar-refractivity contribution is -0.384. The molecule has 0 radical (unpaired) electrons. The third-order valence-corrected chi connectivity index (χ3v) is 3.55. The molecule has 0 atom stereocenters. The second-order valence-corrected chi connectivity index (χ2v) is 5.39. The maximum absolute atomic E-state index is 11.3. The largest absolute Gasteiger partial charge is 0.336 e. The Kier molecular flexibility index (Phi) is 4.39. The lowest BCUT2D eigenvalue weighted by Crippen LogP contribution is -2.17. The summed E-state index contributed by atoms with van der Waals surface area (Å²) in [5.41, 5.74) is 2.78. The highest BCUT2D eigenvalue weighted by Crippen LogP contribution is 2.35. The van der Waals surface area contributed by atoms with Crippen molar-refractivity contribution in [2.45, 2.75) is 13.8 Å². The van der Waals surface area contributed by atoms with Crippen LogP contribution in [-0.2, 0) is 0 Å². The number of halogens is 1. The molecular formula is C15H15BrN2O2. The van der Waals surface area contributed by atoms with Crippen LogP contribution in [-0.4, -0.2) is 11.5 Å². The second-order valence-electron chi connectivity index (χ2n) is 4.47. The van der Waals surface area contributed by atoms with Crippen LogP contribution in [0, 0.1) is 17.0 Å². The monoisotopic (exact) mass is 334 g/mol. The standard InChI is InChI=1S/C15H15BrN2O2/c1-3-17(13-6-4-5-11(2)9-13)14-8-7-12(16)10-15(14)18(19)20/h4-10H,3H2,1-2H3. The van der Waals surface area contributed by atoms with E-state index in [9.17, 15) is 10.1 Å². The normalized spacial score (nSPS) is 10.3. The van der Waals surface area contributed by atoms with E-state index in [-0.39, 0.29) is 10.6 Å². The van der Waals surface area contributed by atoms with Gasteiger partial charge in [-0.2, -0.15) is 0 Å². The third kappa shape index (κ3) is 2.99. The fourth-order valence-electron chi connectivity index (χ4n) is 2.16. The van der Waals surface area contributed by atoms with E-state index < -0.39 is 0 Å². The number of nitro groups is 1. The summed E-state index contributed by atoms with van der Waals surface area (Å²) < 4.78 is 0.702. The zero-order valence-electron chi connectivity index (χ0n) is 11.3. The highest BCUT2D eigenvalue weighted by Gasteiger charge is 2.20. The number of hydrogen-bond acceptors (Lipinski definition) is 3. The molecule has 0 N–H and O–H groups in total. The highest BCUT2D eigenvalue weighted by atomic mass is 79.9. The molecule has 20 heavy (non-hydrogen) atoms. The quantitative estimate of drug-likeness (QED) is 0.594. The van der Waals surface area contributed by atoms with E-state index in [4.69, 9.17) is 0 Å². The van der Waals surface area contributed by atoms with Crippen molar-refractivity contribution < 1.29 is 4.92 Å². The molecule has 4 nitrogen and oxygen atoms in total. The minimum Gasteiger partial charge on any atom is -0.336 e. The number of rotatable bonds is 4. The van der Waals surface area contributed by atoms with Crippen LogP contribution in [0.3, 0.4) is 0 Å². The zero-order valence-corrected chi connectivity index (χ0v) is 12.9. The van der Waals surface area contributed by atoms with Crippen LogP contribution in [0.15, 0.2) is 46.9 Å². The summed E-state index contributed by atoms with van der Waals surface area (Å²) in [5, 5.41) is 11.3. The Labute approximate surface area is 126 Å². The van der Waals surface area contributed by atoms with E-state index in [0.29, 0.717) is 16.7 Å². The summed E-state index contributed by atoms with van der Waals surface area (Å²) in [4.78, 5) is 12.8. The first kappa shape index (κ1) is 14.5. The van der Waals surface area contributed by atoms with Crippen LogP contribution in [0.2, 0.25) is 0 Å². The lowest BCUT2D eigenvalue weighted by Gasteiger charge is -2.23. The molecule has 0 aliphatic heterocycles. The van der Waals surface area contributed by atoms with Gasteiger partial charge >= 0.3 is 0 Å². The van der Waals surface area contributed by atoms with E-state index in [2.05, 4.69) is 15.9 Å². The maximum atomic E-state index is 11.3. The molecule has 104 valence electrons. The average molecular weight is 335 g/mol. The Hall–Kier alpha value is -1.88. The van der Waals surface area contributed by atoms with Gasteiger partial charge < -0.3 is 4.90 Å². The van der Waals surface area contributed by atoms with Gasteiger partial charge in [0.1, 0.15) is 5.69 Å². The lowest BCUT2D eigenvalue weighted by atomic mass is 10.1. The highest BCUT2D eigenvalue weighted by molar-refractivity contribution is 9.10. The Balaban J connectivity index is 2.55. The molecule has 0 spiro atoms. The summed E-state index contributed by atoms with van der Waals surface area (Å²) in [6, 6.07) is 13.1. The van der Waals surface area contributed by atoms with Crippen molar-refractivity contribution in [3.05, 3.63) is 62.6 Å². The van der Waals surface area contributed by atoms with Gasteiger partial charge in [-0.05, 0) is 43.7 Å². The summed E-state index contributed by atoms with van der Waals surface area (Å²) in [6.07, 6.45) is 0. The number of aryl methyl sites for hydroxylation is 1. The van der Waals surface area contributed by atoms with E-state index in [0.717, 1.165) is 11.3 Å². The smallest absolute Gasteiger partial charge is 0.294 e. The number of benzene rings is 2. The molecular weight excluding hydrogens is 320 g/mol. The molecule has 0 saturated heterocycles. The number of hydrogen-bond donors (Lipinski definition) is 0. The van der Waals surface area contributed by atoms with Gasteiger partial charge in [0, 0.05) is 22.8 Å². The first-order valence-electron chi connectivity index (χ1n) is 6.31. The van der Waals surface area contributed by atoms with Crippen molar-refractivity contribution in [1.82, 2.24) is 0 Å². The van der Waals surface area contributed by atoms with Crippen LogP contribution in [0.1, 0.15) is 12.5 Å². The summed E-state index contributed by atoms with van der Waals surface area (Å²) in [6.45, 7) is 4.65. The van der Waals surface area contributed by atoms with Crippen molar-refractivity contribution in [2.75, 3.05) is 11.4 Å². The molecule has 0 aliphatic rings. The van der Waals surface area contributed by atoms with Crippen molar-refractivity contribution >= 4 is 33.0 Å². The predicted octanol–water partition coefficient (Wildman–Crippen LogP) is 4.82. The van der Waals surface area contributed by atoms with Gasteiger partial charge in [-0.1, -0.05) is 28.1 Å². The summed E-state index contributed by atoms with van der Waals surface area (Å²) in [7, 11) is 0. The van der Waals surface area contributed by atoms with Crippen LogP contribution in [0.25, 0.3) is 0 Å². The van der Waals surface area contributed by atoms with Crippen molar-refractivity contribution in [1.29, 1.82) is 0 Å². The molecule has 0 heterocycles. The van der Waals surface area contributed by atoms with Crippen molar-refractivity contribution in [3.63, 3.8) is 0 Å². The Morgan fingerprint density at radius 2 is 2.00 bits per heavy atom. The summed E-state index contributed by atoms with van der Waals surface area (Å²) >= 11 is 3.28. The second kappa shape index (κ2) is 6.05. The minimum absolute atomic E-state index is 0.0998. The molecule has 0 bridgehead atoms.